The van der Waals surface area contributed by atoms with Crippen molar-refractivity contribution in [3.05, 3.63) is 0 Å². The molecule has 0 saturated heterocycles. The third-order valence-corrected chi connectivity index (χ3v) is 3.60. The molecule has 0 aliphatic heterocycles. The molecular weight excluding hydrogens is 160 g/mol. The molecule has 1 saturated carbocycles. The van der Waals surface area contributed by atoms with Crippen molar-refractivity contribution in [3.8, 4) is 0 Å². The van der Waals surface area contributed by atoms with E-state index in [1.165, 1.54) is 19.3 Å². The second-order valence-corrected chi connectivity index (χ2v) is 4.95. The fraction of sp³-hybridized carbons (Fsp3) is 0.917. The van der Waals surface area contributed by atoms with Crippen molar-refractivity contribution in [2.75, 3.05) is 0 Å². The maximum Gasteiger partial charge on any atom is 0.133 e. The number of rotatable bonds is 2. The van der Waals surface area contributed by atoms with Gasteiger partial charge in [-0.05, 0) is 31.1 Å². The summed E-state index contributed by atoms with van der Waals surface area (Å²) < 4.78 is 0. The summed E-state index contributed by atoms with van der Waals surface area (Å²) in [5.74, 6) is 2.66. The molecule has 0 bridgehead atoms. The molecule has 0 aromatic carbocycles. The molecule has 0 aromatic heterocycles. The molecule has 1 aliphatic carbocycles. The third kappa shape index (κ3) is 2.32. The molecule has 3 atom stereocenters. The molecule has 1 nitrogen and oxygen atoms in total. The van der Waals surface area contributed by atoms with E-state index in [9.17, 15) is 4.79 Å². The predicted molar refractivity (Wildman–Crippen MR) is 55.5 cm³/mol. The van der Waals surface area contributed by atoms with Crippen molar-refractivity contribution >= 4 is 5.78 Å². The second-order valence-electron chi connectivity index (χ2n) is 4.95. The van der Waals surface area contributed by atoms with E-state index < -0.39 is 0 Å². The monoisotopic (exact) mass is 182 g/mol. The number of carbonyl (C=O) groups is 1. The van der Waals surface area contributed by atoms with Gasteiger partial charge in [-0.1, -0.05) is 33.6 Å². The summed E-state index contributed by atoms with van der Waals surface area (Å²) in [6, 6.07) is 0. The number of hydrogen-bond acceptors (Lipinski definition) is 1. The van der Waals surface area contributed by atoms with Gasteiger partial charge >= 0.3 is 0 Å². The zero-order valence-corrected chi connectivity index (χ0v) is 9.34. The van der Waals surface area contributed by atoms with Gasteiger partial charge in [0.1, 0.15) is 5.78 Å². The largest absolute Gasteiger partial charge is 0.300 e. The summed E-state index contributed by atoms with van der Waals surface area (Å²) in [6.45, 7) is 8.50. The Balaban J connectivity index is 2.74. The minimum Gasteiger partial charge on any atom is -0.300 e. The van der Waals surface area contributed by atoms with Gasteiger partial charge < -0.3 is 0 Å². The maximum absolute atomic E-state index is 11.5. The lowest BCUT2D eigenvalue weighted by molar-refractivity contribution is -0.126. The fourth-order valence-electron chi connectivity index (χ4n) is 2.91. The van der Waals surface area contributed by atoms with E-state index in [-0.39, 0.29) is 0 Å². The van der Waals surface area contributed by atoms with Gasteiger partial charge in [-0.2, -0.15) is 0 Å². The molecule has 1 rings (SSSR count). The molecular formula is C12H22O. The Bertz CT molecular complexity index is 184. The van der Waals surface area contributed by atoms with Crippen molar-refractivity contribution in [2.45, 2.75) is 47.0 Å². The lowest BCUT2D eigenvalue weighted by Crippen LogP contribution is -2.34. The highest BCUT2D eigenvalue weighted by Crippen LogP contribution is 2.39. The Morgan fingerprint density at radius 3 is 2.31 bits per heavy atom. The predicted octanol–water partition coefficient (Wildman–Crippen LogP) is 3.28. The average molecular weight is 182 g/mol. The standard InChI is InChI=1S/C12H22O/c1-8(2)11-7-5-6-9(3)12(11)10(4)13/h8-9,11-12H,5-7H2,1-4H3. The van der Waals surface area contributed by atoms with Crippen LogP contribution >= 0.6 is 0 Å². The van der Waals surface area contributed by atoms with Crippen molar-refractivity contribution in [3.63, 3.8) is 0 Å². The van der Waals surface area contributed by atoms with Crippen LogP contribution in [0.5, 0.6) is 0 Å². The van der Waals surface area contributed by atoms with Crippen LogP contribution in [0, 0.1) is 23.7 Å². The SMILES string of the molecule is CC(=O)C1C(C)CCCC1C(C)C. The van der Waals surface area contributed by atoms with Crippen molar-refractivity contribution in [1.29, 1.82) is 0 Å². The van der Waals surface area contributed by atoms with E-state index in [1.807, 2.05) is 0 Å². The lowest BCUT2D eigenvalue weighted by Gasteiger charge is -2.37. The van der Waals surface area contributed by atoms with Gasteiger partial charge in [-0.25, -0.2) is 0 Å². The first-order chi connectivity index (χ1) is 6.04. The second kappa shape index (κ2) is 4.26. The number of Topliss-reactive ketones (excluding diaryl/α,β-unsaturated/α-hetero) is 1. The summed E-state index contributed by atoms with van der Waals surface area (Å²) in [7, 11) is 0. The first-order valence-electron chi connectivity index (χ1n) is 5.54. The molecule has 0 aromatic rings. The van der Waals surface area contributed by atoms with E-state index in [0.717, 1.165) is 0 Å². The highest BCUT2D eigenvalue weighted by atomic mass is 16.1. The van der Waals surface area contributed by atoms with E-state index in [4.69, 9.17) is 0 Å². The smallest absolute Gasteiger partial charge is 0.133 e. The quantitative estimate of drug-likeness (QED) is 0.640. The molecule has 1 fully saturated rings. The van der Waals surface area contributed by atoms with Crippen LogP contribution in [-0.2, 0) is 4.79 Å². The molecule has 0 amide bonds. The minimum atomic E-state index is 0.341. The van der Waals surface area contributed by atoms with Crippen LogP contribution < -0.4 is 0 Å². The van der Waals surface area contributed by atoms with Gasteiger partial charge in [0, 0.05) is 5.92 Å². The van der Waals surface area contributed by atoms with Gasteiger partial charge in [-0.3, -0.25) is 4.79 Å². The zero-order valence-electron chi connectivity index (χ0n) is 9.34. The van der Waals surface area contributed by atoms with Crippen LogP contribution in [0.3, 0.4) is 0 Å². The van der Waals surface area contributed by atoms with Crippen LogP contribution in [0.1, 0.15) is 47.0 Å². The molecule has 1 aliphatic rings. The molecule has 1 heteroatoms. The number of carbonyl (C=O) groups excluding carboxylic acids is 1. The number of ketones is 1. The number of hydrogen-bond donors (Lipinski definition) is 0. The molecule has 3 unspecified atom stereocenters. The Kier molecular flexibility index (Phi) is 3.52. The van der Waals surface area contributed by atoms with Crippen molar-refractivity contribution < 1.29 is 4.79 Å². The minimum absolute atomic E-state index is 0.341. The Hall–Kier alpha value is -0.330. The fourth-order valence-corrected chi connectivity index (χ4v) is 2.91. The first-order valence-corrected chi connectivity index (χ1v) is 5.54. The summed E-state index contributed by atoms with van der Waals surface area (Å²) in [6.07, 6.45) is 3.81. The Morgan fingerprint density at radius 2 is 1.92 bits per heavy atom. The maximum atomic E-state index is 11.5. The molecule has 13 heavy (non-hydrogen) atoms. The Morgan fingerprint density at radius 1 is 1.31 bits per heavy atom. The average Bonchev–Trinajstić information content (AvgIpc) is 2.02. The van der Waals surface area contributed by atoms with Crippen LogP contribution in [0.15, 0.2) is 0 Å². The van der Waals surface area contributed by atoms with Gasteiger partial charge in [0.25, 0.3) is 0 Å². The van der Waals surface area contributed by atoms with Crippen LogP contribution in [0.25, 0.3) is 0 Å². The molecule has 0 spiro atoms. The topological polar surface area (TPSA) is 17.1 Å². The van der Waals surface area contributed by atoms with E-state index >= 15 is 0 Å². The lowest BCUT2D eigenvalue weighted by atomic mass is 9.67. The van der Waals surface area contributed by atoms with E-state index in [0.29, 0.717) is 29.5 Å². The van der Waals surface area contributed by atoms with Gasteiger partial charge in [0.05, 0.1) is 0 Å². The van der Waals surface area contributed by atoms with Gasteiger partial charge in [0.15, 0.2) is 0 Å². The van der Waals surface area contributed by atoms with Gasteiger partial charge in [0.2, 0.25) is 0 Å². The van der Waals surface area contributed by atoms with Gasteiger partial charge in [-0.15, -0.1) is 0 Å². The van der Waals surface area contributed by atoms with Crippen molar-refractivity contribution in [2.24, 2.45) is 23.7 Å². The highest BCUT2D eigenvalue weighted by Gasteiger charge is 2.35. The summed E-state index contributed by atoms with van der Waals surface area (Å²) in [4.78, 5) is 11.5. The molecule has 0 radical (unpaired) electrons. The molecule has 76 valence electrons. The van der Waals surface area contributed by atoms with Crippen molar-refractivity contribution in [1.82, 2.24) is 0 Å². The summed E-state index contributed by atoms with van der Waals surface area (Å²) in [5.41, 5.74) is 0. The summed E-state index contributed by atoms with van der Waals surface area (Å²) >= 11 is 0. The first kappa shape index (κ1) is 10.7. The third-order valence-electron chi connectivity index (χ3n) is 3.60. The Labute approximate surface area is 81.9 Å². The zero-order chi connectivity index (χ0) is 10.0. The normalized spacial score (nSPS) is 35.0. The van der Waals surface area contributed by atoms with E-state index in [1.54, 1.807) is 6.92 Å². The molecule has 0 heterocycles. The van der Waals surface area contributed by atoms with E-state index in [2.05, 4.69) is 20.8 Å². The highest BCUT2D eigenvalue weighted by molar-refractivity contribution is 5.79. The van der Waals surface area contributed by atoms with Crippen LogP contribution in [0.4, 0.5) is 0 Å². The summed E-state index contributed by atoms with van der Waals surface area (Å²) in [5, 5.41) is 0. The van der Waals surface area contributed by atoms with Crippen LogP contribution in [0.2, 0.25) is 0 Å². The molecule has 0 N–H and O–H groups in total. The van der Waals surface area contributed by atoms with Crippen LogP contribution in [-0.4, -0.2) is 5.78 Å².